The van der Waals surface area contributed by atoms with Gasteiger partial charge in [-0.15, -0.1) is 0 Å². The Morgan fingerprint density at radius 2 is 2.00 bits per heavy atom. The van der Waals surface area contributed by atoms with E-state index in [1.54, 1.807) is 6.20 Å². The average molecular weight is 345 g/mol. The largest absolute Gasteiger partial charge is 0.328 e. The van der Waals surface area contributed by atoms with E-state index in [1.165, 1.54) is 6.42 Å². The second kappa shape index (κ2) is 6.55. The third-order valence-electron chi connectivity index (χ3n) is 5.08. The van der Waals surface area contributed by atoms with Crippen molar-refractivity contribution in [1.82, 2.24) is 14.5 Å². The SMILES string of the molecule is O=C(Nc1cc(-c2cnc3n2CCC3)c(Cl)cn1)C1CCCCC1. The first kappa shape index (κ1) is 15.6. The van der Waals surface area contributed by atoms with Crippen molar-refractivity contribution >= 4 is 23.3 Å². The molecule has 5 nitrogen and oxygen atoms in total. The molecule has 1 N–H and O–H groups in total. The predicted molar refractivity (Wildman–Crippen MR) is 94.0 cm³/mol. The van der Waals surface area contributed by atoms with Crippen LogP contribution in [0.1, 0.15) is 44.3 Å². The van der Waals surface area contributed by atoms with Crippen LogP contribution in [0.15, 0.2) is 18.5 Å². The van der Waals surface area contributed by atoms with Gasteiger partial charge in [0, 0.05) is 30.6 Å². The van der Waals surface area contributed by atoms with E-state index in [0.717, 1.165) is 62.2 Å². The molecule has 4 rings (SSSR count). The Balaban J connectivity index is 1.58. The van der Waals surface area contributed by atoms with Crippen molar-refractivity contribution in [3.63, 3.8) is 0 Å². The maximum absolute atomic E-state index is 12.4. The Kier molecular flexibility index (Phi) is 4.27. The Bertz CT molecular complexity index is 764. The number of aryl methyl sites for hydroxylation is 1. The summed E-state index contributed by atoms with van der Waals surface area (Å²) < 4.78 is 2.20. The molecule has 0 spiro atoms. The number of pyridine rings is 1. The molecule has 1 fully saturated rings. The van der Waals surface area contributed by atoms with Crippen molar-refractivity contribution in [3.8, 4) is 11.3 Å². The van der Waals surface area contributed by atoms with Crippen LogP contribution in [0.4, 0.5) is 5.82 Å². The maximum atomic E-state index is 12.4. The van der Waals surface area contributed by atoms with Gasteiger partial charge in [-0.3, -0.25) is 4.79 Å². The minimum atomic E-state index is 0.0778. The van der Waals surface area contributed by atoms with Gasteiger partial charge in [0.05, 0.1) is 16.9 Å². The van der Waals surface area contributed by atoms with Crippen LogP contribution >= 0.6 is 11.6 Å². The highest BCUT2D eigenvalue weighted by atomic mass is 35.5. The molecule has 0 radical (unpaired) electrons. The van der Waals surface area contributed by atoms with Gasteiger partial charge >= 0.3 is 0 Å². The van der Waals surface area contributed by atoms with Crippen LogP contribution in [0, 0.1) is 5.92 Å². The van der Waals surface area contributed by atoms with E-state index in [2.05, 4.69) is 19.9 Å². The Hall–Kier alpha value is -1.88. The van der Waals surface area contributed by atoms with Gasteiger partial charge in [-0.1, -0.05) is 30.9 Å². The molecule has 1 aliphatic carbocycles. The van der Waals surface area contributed by atoms with E-state index in [9.17, 15) is 4.79 Å². The number of halogens is 1. The van der Waals surface area contributed by atoms with Gasteiger partial charge in [0.25, 0.3) is 0 Å². The van der Waals surface area contributed by atoms with Gasteiger partial charge in [-0.25, -0.2) is 9.97 Å². The van der Waals surface area contributed by atoms with Crippen LogP contribution in [0.25, 0.3) is 11.3 Å². The molecule has 0 saturated heterocycles. The van der Waals surface area contributed by atoms with Crippen LogP contribution in [-0.2, 0) is 17.8 Å². The van der Waals surface area contributed by atoms with Crippen molar-refractivity contribution in [1.29, 1.82) is 0 Å². The van der Waals surface area contributed by atoms with Crippen molar-refractivity contribution < 1.29 is 4.79 Å². The fraction of sp³-hybridized carbons (Fsp3) is 0.500. The lowest BCUT2D eigenvalue weighted by atomic mass is 9.89. The molecular formula is C18H21ClN4O. The summed E-state index contributed by atoms with van der Waals surface area (Å²) in [5.41, 5.74) is 1.88. The molecule has 2 aromatic heterocycles. The molecular weight excluding hydrogens is 324 g/mol. The van der Waals surface area contributed by atoms with E-state index in [0.29, 0.717) is 10.8 Å². The topological polar surface area (TPSA) is 59.8 Å². The monoisotopic (exact) mass is 344 g/mol. The molecule has 24 heavy (non-hydrogen) atoms. The van der Waals surface area contributed by atoms with E-state index in [-0.39, 0.29) is 11.8 Å². The summed E-state index contributed by atoms with van der Waals surface area (Å²) in [6.45, 7) is 0.965. The lowest BCUT2D eigenvalue weighted by Gasteiger charge is -2.20. The second-order valence-electron chi connectivity index (χ2n) is 6.69. The van der Waals surface area contributed by atoms with Crippen LogP contribution < -0.4 is 5.32 Å². The van der Waals surface area contributed by atoms with Gasteiger partial charge in [-0.2, -0.15) is 0 Å². The Morgan fingerprint density at radius 1 is 1.17 bits per heavy atom. The molecule has 3 heterocycles. The number of rotatable bonds is 3. The minimum Gasteiger partial charge on any atom is -0.328 e. The van der Waals surface area contributed by atoms with Crippen molar-refractivity contribution in [2.75, 3.05) is 5.32 Å². The minimum absolute atomic E-state index is 0.0778. The van der Waals surface area contributed by atoms with Crippen molar-refractivity contribution in [3.05, 3.63) is 29.3 Å². The zero-order valence-corrected chi connectivity index (χ0v) is 14.4. The number of hydrogen-bond acceptors (Lipinski definition) is 3. The summed E-state index contributed by atoms with van der Waals surface area (Å²) in [6, 6.07) is 1.87. The van der Waals surface area contributed by atoms with Gasteiger partial charge in [0.2, 0.25) is 5.91 Å². The fourth-order valence-corrected chi connectivity index (χ4v) is 3.97. The molecule has 6 heteroatoms. The molecule has 1 aliphatic heterocycles. The quantitative estimate of drug-likeness (QED) is 0.913. The number of fused-ring (bicyclic) bond motifs is 1. The number of anilines is 1. The zero-order chi connectivity index (χ0) is 16.5. The van der Waals surface area contributed by atoms with Crippen LogP contribution in [0.3, 0.4) is 0 Å². The smallest absolute Gasteiger partial charge is 0.228 e. The number of nitrogens with zero attached hydrogens (tertiary/aromatic N) is 3. The number of hydrogen-bond donors (Lipinski definition) is 1. The standard InChI is InChI=1S/C18H21ClN4O/c19-14-10-20-16(22-18(24)12-5-2-1-3-6-12)9-13(14)15-11-21-17-7-4-8-23(15)17/h9-12H,1-8H2,(H,20,22,24). The van der Waals surface area contributed by atoms with E-state index >= 15 is 0 Å². The molecule has 0 atom stereocenters. The highest BCUT2D eigenvalue weighted by Gasteiger charge is 2.23. The van der Waals surface area contributed by atoms with E-state index in [1.807, 2.05) is 12.3 Å². The van der Waals surface area contributed by atoms with Crippen molar-refractivity contribution in [2.24, 2.45) is 5.92 Å². The molecule has 1 amide bonds. The molecule has 1 saturated carbocycles. The maximum Gasteiger partial charge on any atom is 0.228 e. The van der Waals surface area contributed by atoms with Gasteiger partial charge in [0.1, 0.15) is 11.6 Å². The van der Waals surface area contributed by atoms with Crippen molar-refractivity contribution in [2.45, 2.75) is 51.5 Å². The molecule has 0 bridgehead atoms. The summed E-state index contributed by atoms with van der Waals surface area (Å²) in [7, 11) is 0. The summed E-state index contributed by atoms with van der Waals surface area (Å²) in [6.07, 6.45) is 11.1. The number of aromatic nitrogens is 3. The predicted octanol–water partition coefficient (Wildman–Crippen LogP) is 4.06. The molecule has 0 aromatic carbocycles. The first-order valence-electron chi connectivity index (χ1n) is 8.73. The lowest BCUT2D eigenvalue weighted by molar-refractivity contribution is -0.120. The Morgan fingerprint density at radius 3 is 2.83 bits per heavy atom. The fourth-order valence-electron chi connectivity index (χ4n) is 3.77. The summed E-state index contributed by atoms with van der Waals surface area (Å²) in [4.78, 5) is 21.2. The van der Waals surface area contributed by atoms with Gasteiger partial charge in [-0.05, 0) is 25.3 Å². The summed E-state index contributed by atoms with van der Waals surface area (Å²) in [5, 5.41) is 3.55. The molecule has 126 valence electrons. The zero-order valence-electron chi connectivity index (χ0n) is 13.6. The first-order valence-corrected chi connectivity index (χ1v) is 9.11. The number of imidazole rings is 1. The normalized spacial score (nSPS) is 17.7. The first-order chi connectivity index (χ1) is 11.7. The molecule has 0 unspecified atom stereocenters. The lowest BCUT2D eigenvalue weighted by Crippen LogP contribution is -2.25. The highest BCUT2D eigenvalue weighted by molar-refractivity contribution is 6.33. The Labute approximate surface area is 146 Å². The van der Waals surface area contributed by atoms with E-state index in [4.69, 9.17) is 11.6 Å². The van der Waals surface area contributed by atoms with Gasteiger partial charge < -0.3 is 9.88 Å². The number of amides is 1. The second-order valence-corrected chi connectivity index (χ2v) is 7.10. The van der Waals surface area contributed by atoms with Crippen LogP contribution in [-0.4, -0.2) is 20.4 Å². The third kappa shape index (κ3) is 2.93. The van der Waals surface area contributed by atoms with Crippen LogP contribution in [0.2, 0.25) is 5.02 Å². The van der Waals surface area contributed by atoms with E-state index < -0.39 is 0 Å². The molecule has 2 aliphatic rings. The summed E-state index contributed by atoms with van der Waals surface area (Å²) in [5.74, 6) is 1.86. The third-order valence-corrected chi connectivity index (χ3v) is 5.38. The molecule has 2 aromatic rings. The number of carbonyl (C=O) groups is 1. The highest BCUT2D eigenvalue weighted by Crippen LogP contribution is 2.32. The van der Waals surface area contributed by atoms with Gasteiger partial charge in [0.15, 0.2) is 0 Å². The summed E-state index contributed by atoms with van der Waals surface area (Å²) >= 11 is 6.36. The number of carbonyl (C=O) groups excluding carboxylic acids is 1. The average Bonchev–Trinajstić information content (AvgIpc) is 3.21. The number of nitrogens with one attached hydrogen (secondary N) is 1. The van der Waals surface area contributed by atoms with Crippen LogP contribution in [0.5, 0.6) is 0 Å².